The van der Waals surface area contributed by atoms with Crippen molar-refractivity contribution in [3.05, 3.63) is 18.3 Å². The first-order valence-electron chi connectivity index (χ1n) is 3.24. The fraction of sp³-hybridized carbons (Fsp3) is 0.143. The van der Waals surface area contributed by atoms with Crippen LogP contribution in [0.3, 0.4) is 0 Å². The fourth-order valence-corrected chi connectivity index (χ4v) is 1.69. The van der Waals surface area contributed by atoms with Crippen molar-refractivity contribution in [2.24, 2.45) is 0 Å². The second-order valence-electron chi connectivity index (χ2n) is 2.19. The van der Waals surface area contributed by atoms with Crippen molar-refractivity contribution in [1.82, 2.24) is 4.98 Å². The first-order chi connectivity index (χ1) is 5.36. The number of thioether (sulfide) groups is 1. The third kappa shape index (κ3) is 1.21. The maximum absolute atomic E-state index is 10.9. The minimum absolute atomic E-state index is 0.0289. The molecule has 4 heteroatoms. The Morgan fingerprint density at radius 1 is 1.64 bits per heavy atom. The highest BCUT2D eigenvalue weighted by atomic mass is 32.2. The van der Waals surface area contributed by atoms with E-state index >= 15 is 0 Å². The molecule has 2 heterocycles. The molecule has 0 unspecified atom stereocenters. The lowest BCUT2D eigenvalue weighted by Gasteiger charge is -2.13. The summed E-state index contributed by atoms with van der Waals surface area (Å²) in [4.78, 5) is 15.9. The Kier molecular flexibility index (Phi) is 1.54. The van der Waals surface area contributed by atoms with Gasteiger partial charge in [0.05, 0.1) is 10.6 Å². The summed E-state index contributed by atoms with van der Waals surface area (Å²) in [5, 5.41) is 2.69. The lowest BCUT2D eigenvalue weighted by Crippen LogP contribution is -2.19. The SMILES string of the molecule is O=C1CSc2cccnc2N1. The number of rotatable bonds is 0. The van der Waals surface area contributed by atoms with Crippen LogP contribution in [0.1, 0.15) is 0 Å². The molecule has 0 aliphatic carbocycles. The molecule has 56 valence electrons. The Morgan fingerprint density at radius 3 is 3.45 bits per heavy atom. The molecule has 3 nitrogen and oxygen atoms in total. The van der Waals surface area contributed by atoms with Crippen molar-refractivity contribution in [3.63, 3.8) is 0 Å². The summed E-state index contributed by atoms with van der Waals surface area (Å²) in [6.07, 6.45) is 1.67. The summed E-state index contributed by atoms with van der Waals surface area (Å²) >= 11 is 1.52. The van der Waals surface area contributed by atoms with E-state index < -0.39 is 0 Å². The number of amides is 1. The Hall–Kier alpha value is -1.03. The third-order valence-corrected chi connectivity index (χ3v) is 2.43. The Balaban J connectivity index is 2.41. The Morgan fingerprint density at radius 2 is 2.55 bits per heavy atom. The van der Waals surface area contributed by atoms with E-state index in [2.05, 4.69) is 10.3 Å². The van der Waals surface area contributed by atoms with Crippen LogP contribution >= 0.6 is 11.8 Å². The Labute approximate surface area is 68.2 Å². The monoisotopic (exact) mass is 166 g/mol. The van der Waals surface area contributed by atoms with E-state index in [0.717, 1.165) is 4.90 Å². The van der Waals surface area contributed by atoms with E-state index in [-0.39, 0.29) is 5.91 Å². The standard InChI is InChI=1S/C7H6N2OS/c10-6-4-11-5-2-1-3-8-7(5)9-6/h1-3H,4H2,(H,8,9,10). The number of fused-ring (bicyclic) bond motifs is 1. The smallest absolute Gasteiger partial charge is 0.235 e. The zero-order valence-corrected chi connectivity index (χ0v) is 6.52. The minimum Gasteiger partial charge on any atom is -0.309 e. The van der Waals surface area contributed by atoms with E-state index in [0.29, 0.717) is 11.6 Å². The van der Waals surface area contributed by atoms with Crippen molar-refractivity contribution in [2.75, 3.05) is 11.1 Å². The van der Waals surface area contributed by atoms with Gasteiger partial charge in [-0.3, -0.25) is 4.79 Å². The predicted octanol–water partition coefficient (Wildman–Crippen LogP) is 1.13. The maximum atomic E-state index is 10.9. The number of aromatic nitrogens is 1. The second-order valence-corrected chi connectivity index (χ2v) is 3.20. The molecule has 11 heavy (non-hydrogen) atoms. The quantitative estimate of drug-likeness (QED) is 0.628. The number of nitrogens with zero attached hydrogens (tertiary/aromatic N) is 1. The number of carbonyl (C=O) groups is 1. The van der Waals surface area contributed by atoms with Crippen LogP contribution in [-0.2, 0) is 4.79 Å². The molecule has 1 aliphatic rings. The van der Waals surface area contributed by atoms with E-state index in [9.17, 15) is 4.79 Å². The Bertz CT molecular complexity index is 300. The molecule has 0 aromatic carbocycles. The molecule has 0 saturated carbocycles. The van der Waals surface area contributed by atoms with Gasteiger partial charge in [0, 0.05) is 6.20 Å². The zero-order chi connectivity index (χ0) is 7.68. The van der Waals surface area contributed by atoms with Crippen molar-refractivity contribution < 1.29 is 4.79 Å². The van der Waals surface area contributed by atoms with Gasteiger partial charge in [-0.1, -0.05) is 0 Å². The summed E-state index contributed by atoms with van der Waals surface area (Å²) in [5.41, 5.74) is 0. The highest BCUT2D eigenvalue weighted by Gasteiger charge is 2.14. The minimum atomic E-state index is 0.0289. The molecule has 0 saturated heterocycles. The summed E-state index contributed by atoms with van der Waals surface area (Å²) in [5.74, 6) is 1.22. The van der Waals surface area contributed by atoms with Gasteiger partial charge in [-0.2, -0.15) is 0 Å². The molecule has 1 aromatic rings. The molecule has 0 fully saturated rings. The third-order valence-electron chi connectivity index (χ3n) is 1.39. The molecule has 0 bridgehead atoms. The predicted molar refractivity (Wildman–Crippen MR) is 43.6 cm³/mol. The van der Waals surface area contributed by atoms with Crippen molar-refractivity contribution >= 4 is 23.5 Å². The molecule has 0 atom stereocenters. The van der Waals surface area contributed by atoms with Crippen LogP contribution in [0.5, 0.6) is 0 Å². The first-order valence-corrected chi connectivity index (χ1v) is 4.22. The molecular formula is C7H6N2OS. The fourth-order valence-electron chi connectivity index (χ4n) is 0.912. The number of nitrogens with one attached hydrogen (secondary N) is 1. The number of hydrogen-bond acceptors (Lipinski definition) is 3. The summed E-state index contributed by atoms with van der Waals surface area (Å²) in [6.45, 7) is 0. The molecule has 1 N–H and O–H groups in total. The van der Waals surface area contributed by atoms with Crippen LogP contribution in [0.25, 0.3) is 0 Å². The molecule has 0 spiro atoms. The molecule has 1 aromatic heterocycles. The average molecular weight is 166 g/mol. The zero-order valence-electron chi connectivity index (χ0n) is 5.70. The second kappa shape index (κ2) is 2.54. The highest BCUT2D eigenvalue weighted by Crippen LogP contribution is 2.28. The first kappa shape index (κ1) is 6.67. The van der Waals surface area contributed by atoms with Gasteiger partial charge in [0.25, 0.3) is 0 Å². The van der Waals surface area contributed by atoms with Crippen molar-refractivity contribution in [1.29, 1.82) is 0 Å². The number of hydrogen-bond donors (Lipinski definition) is 1. The molecule has 0 radical (unpaired) electrons. The van der Waals surface area contributed by atoms with Crippen LogP contribution in [0.2, 0.25) is 0 Å². The maximum Gasteiger partial charge on any atom is 0.235 e. The molecule has 2 rings (SSSR count). The lowest BCUT2D eigenvalue weighted by molar-refractivity contribution is -0.113. The van der Waals surface area contributed by atoms with Crippen LogP contribution in [0, 0.1) is 0 Å². The largest absolute Gasteiger partial charge is 0.309 e. The summed E-state index contributed by atoms with van der Waals surface area (Å²) in [7, 11) is 0. The number of carbonyl (C=O) groups excluding carboxylic acids is 1. The molecule has 1 amide bonds. The van der Waals surface area contributed by atoms with Gasteiger partial charge in [0.15, 0.2) is 0 Å². The van der Waals surface area contributed by atoms with E-state index in [4.69, 9.17) is 0 Å². The van der Waals surface area contributed by atoms with E-state index in [1.54, 1.807) is 6.20 Å². The van der Waals surface area contributed by atoms with E-state index in [1.807, 2.05) is 12.1 Å². The van der Waals surface area contributed by atoms with Crippen LogP contribution in [-0.4, -0.2) is 16.6 Å². The van der Waals surface area contributed by atoms with Gasteiger partial charge < -0.3 is 5.32 Å². The van der Waals surface area contributed by atoms with Crippen LogP contribution in [0.4, 0.5) is 5.82 Å². The topological polar surface area (TPSA) is 42.0 Å². The normalized spacial score (nSPS) is 15.5. The summed E-state index contributed by atoms with van der Waals surface area (Å²) < 4.78 is 0. The van der Waals surface area contributed by atoms with Gasteiger partial charge in [-0.25, -0.2) is 4.98 Å². The molecular weight excluding hydrogens is 160 g/mol. The van der Waals surface area contributed by atoms with Gasteiger partial charge in [0.1, 0.15) is 5.82 Å². The van der Waals surface area contributed by atoms with Crippen LogP contribution < -0.4 is 5.32 Å². The van der Waals surface area contributed by atoms with Gasteiger partial charge in [0.2, 0.25) is 5.91 Å². The average Bonchev–Trinajstić information content (AvgIpc) is 2.04. The highest BCUT2D eigenvalue weighted by molar-refractivity contribution is 8.00. The summed E-state index contributed by atoms with van der Waals surface area (Å²) in [6, 6.07) is 3.82. The van der Waals surface area contributed by atoms with Crippen molar-refractivity contribution in [3.8, 4) is 0 Å². The van der Waals surface area contributed by atoms with Crippen LogP contribution in [0.15, 0.2) is 23.2 Å². The van der Waals surface area contributed by atoms with E-state index in [1.165, 1.54) is 11.8 Å². The number of pyridine rings is 1. The van der Waals surface area contributed by atoms with Gasteiger partial charge >= 0.3 is 0 Å². The van der Waals surface area contributed by atoms with Gasteiger partial charge in [-0.15, -0.1) is 11.8 Å². The number of anilines is 1. The van der Waals surface area contributed by atoms with Gasteiger partial charge in [-0.05, 0) is 12.1 Å². The lowest BCUT2D eigenvalue weighted by atomic mass is 10.4. The molecule has 1 aliphatic heterocycles. The van der Waals surface area contributed by atoms with Crippen molar-refractivity contribution in [2.45, 2.75) is 4.90 Å².